The molecule has 1 saturated heterocycles. The van der Waals surface area contributed by atoms with Crippen molar-refractivity contribution in [2.24, 2.45) is 5.92 Å². The highest BCUT2D eigenvalue weighted by Gasteiger charge is 2.37. The smallest absolute Gasteiger partial charge is 0.0739 e. The van der Waals surface area contributed by atoms with Crippen molar-refractivity contribution in [1.29, 1.82) is 0 Å². The average molecular weight is 355 g/mol. The second-order valence-corrected chi connectivity index (χ2v) is 7.30. The van der Waals surface area contributed by atoms with Gasteiger partial charge in [-0.05, 0) is 55.0 Å². The summed E-state index contributed by atoms with van der Waals surface area (Å²) in [5, 5.41) is 8.41. The van der Waals surface area contributed by atoms with E-state index in [1.807, 2.05) is 0 Å². The predicted molar refractivity (Wildman–Crippen MR) is 89.3 cm³/mol. The summed E-state index contributed by atoms with van der Waals surface area (Å²) < 4.78 is 3.35. The van der Waals surface area contributed by atoms with Crippen LogP contribution in [-0.4, -0.2) is 39.9 Å². The van der Waals surface area contributed by atoms with Crippen molar-refractivity contribution in [3.63, 3.8) is 0 Å². The largest absolute Gasteiger partial charge is 0.311 e. The van der Waals surface area contributed by atoms with Gasteiger partial charge in [0.1, 0.15) is 0 Å². The summed E-state index contributed by atoms with van der Waals surface area (Å²) in [5.41, 5.74) is 2.44. The van der Waals surface area contributed by atoms with Crippen LogP contribution in [0.15, 0.2) is 4.47 Å². The zero-order valence-electron chi connectivity index (χ0n) is 13.4. The van der Waals surface area contributed by atoms with Gasteiger partial charge in [0.05, 0.1) is 15.9 Å². The maximum Gasteiger partial charge on any atom is 0.0739 e. The molecule has 3 rings (SSSR count). The first-order valence-electron chi connectivity index (χ1n) is 8.33. The van der Waals surface area contributed by atoms with Gasteiger partial charge in [0.2, 0.25) is 0 Å². The van der Waals surface area contributed by atoms with E-state index in [1.54, 1.807) is 0 Å². The zero-order chi connectivity index (χ0) is 15.0. The van der Waals surface area contributed by atoms with Crippen molar-refractivity contribution in [3.05, 3.63) is 15.9 Å². The minimum Gasteiger partial charge on any atom is -0.311 e. The highest BCUT2D eigenvalue weighted by atomic mass is 79.9. The van der Waals surface area contributed by atoms with Crippen LogP contribution in [-0.2, 0) is 13.1 Å². The molecule has 5 heteroatoms. The average Bonchev–Trinajstić information content (AvgIpc) is 3.30. The van der Waals surface area contributed by atoms with E-state index in [2.05, 4.69) is 56.7 Å². The number of hydrogen-bond donors (Lipinski definition) is 1. The number of nitrogens with zero attached hydrogens (tertiary/aromatic N) is 3. The molecule has 21 heavy (non-hydrogen) atoms. The molecule has 0 spiro atoms. The van der Waals surface area contributed by atoms with E-state index in [0.717, 1.165) is 31.2 Å². The first-order chi connectivity index (χ1) is 10.1. The highest BCUT2D eigenvalue weighted by Crippen LogP contribution is 2.35. The zero-order valence-corrected chi connectivity index (χ0v) is 15.0. The third-order valence-electron chi connectivity index (χ3n) is 5.03. The molecule has 1 aromatic rings. The minimum atomic E-state index is 0.646. The van der Waals surface area contributed by atoms with E-state index in [9.17, 15) is 0 Å². The lowest BCUT2D eigenvalue weighted by Crippen LogP contribution is -2.56. The molecule has 0 radical (unpaired) electrons. The van der Waals surface area contributed by atoms with Crippen molar-refractivity contribution in [2.45, 2.75) is 65.2 Å². The molecular weight excluding hydrogens is 328 g/mol. The van der Waals surface area contributed by atoms with E-state index in [4.69, 9.17) is 0 Å². The van der Waals surface area contributed by atoms with Crippen LogP contribution in [0.2, 0.25) is 0 Å². The predicted octanol–water partition coefficient (Wildman–Crippen LogP) is 2.94. The van der Waals surface area contributed by atoms with Crippen LogP contribution >= 0.6 is 15.9 Å². The molecule has 0 aromatic carbocycles. The molecule has 2 heterocycles. The first-order valence-corrected chi connectivity index (χ1v) is 9.12. The van der Waals surface area contributed by atoms with Crippen LogP contribution in [0.4, 0.5) is 0 Å². The normalized spacial score (nSPS) is 27.2. The van der Waals surface area contributed by atoms with E-state index in [0.29, 0.717) is 12.1 Å². The summed E-state index contributed by atoms with van der Waals surface area (Å²) >= 11 is 3.74. The Labute approximate surface area is 136 Å². The number of piperazine rings is 1. The van der Waals surface area contributed by atoms with Gasteiger partial charge in [0, 0.05) is 38.3 Å². The van der Waals surface area contributed by atoms with E-state index in [-0.39, 0.29) is 0 Å². The molecule has 1 aromatic heterocycles. The Morgan fingerprint density at radius 2 is 2.10 bits per heavy atom. The molecule has 1 aliphatic heterocycles. The van der Waals surface area contributed by atoms with Gasteiger partial charge in [-0.15, -0.1) is 0 Å². The van der Waals surface area contributed by atoms with Crippen LogP contribution < -0.4 is 5.32 Å². The lowest BCUT2D eigenvalue weighted by atomic mass is 10.0. The minimum absolute atomic E-state index is 0.646. The van der Waals surface area contributed by atoms with E-state index >= 15 is 0 Å². The molecule has 2 unspecified atom stereocenters. The van der Waals surface area contributed by atoms with E-state index < -0.39 is 0 Å². The summed E-state index contributed by atoms with van der Waals surface area (Å²) in [6.07, 6.45) is 4.04. The summed E-state index contributed by atoms with van der Waals surface area (Å²) in [5.74, 6) is 0.923. The maximum atomic E-state index is 4.64. The van der Waals surface area contributed by atoms with Crippen LogP contribution in [0.1, 0.15) is 44.5 Å². The maximum absolute atomic E-state index is 4.64. The Morgan fingerprint density at radius 3 is 2.71 bits per heavy atom. The monoisotopic (exact) mass is 354 g/mol. The molecule has 1 N–H and O–H groups in total. The molecule has 1 saturated carbocycles. The van der Waals surface area contributed by atoms with Crippen molar-refractivity contribution >= 4 is 15.9 Å². The van der Waals surface area contributed by atoms with Gasteiger partial charge in [0.15, 0.2) is 0 Å². The summed E-state index contributed by atoms with van der Waals surface area (Å²) in [6, 6.07) is 1.35. The SMILES string of the molecule is CCC1CNC(C2CC2)CN1Cc1c(Br)c(C)nn1CC. The van der Waals surface area contributed by atoms with Crippen molar-refractivity contribution in [1.82, 2.24) is 20.0 Å². The Bertz CT molecular complexity index is 495. The third-order valence-corrected chi connectivity index (χ3v) is 6.06. The van der Waals surface area contributed by atoms with Crippen LogP contribution in [0.25, 0.3) is 0 Å². The molecule has 2 fully saturated rings. The van der Waals surface area contributed by atoms with Gasteiger partial charge in [0.25, 0.3) is 0 Å². The topological polar surface area (TPSA) is 33.1 Å². The van der Waals surface area contributed by atoms with Gasteiger partial charge in [-0.1, -0.05) is 6.92 Å². The Kier molecular flexibility index (Phi) is 4.71. The lowest BCUT2D eigenvalue weighted by molar-refractivity contribution is 0.108. The number of hydrogen-bond acceptors (Lipinski definition) is 3. The van der Waals surface area contributed by atoms with Crippen LogP contribution in [0.3, 0.4) is 0 Å². The number of aromatic nitrogens is 2. The summed E-state index contributed by atoms with van der Waals surface area (Å²) in [6.45, 7) is 10.8. The highest BCUT2D eigenvalue weighted by molar-refractivity contribution is 9.10. The summed E-state index contributed by atoms with van der Waals surface area (Å²) in [7, 11) is 0. The Morgan fingerprint density at radius 1 is 1.33 bits per heavy atom. The van der Waals surface area contributed by atoms with Gasteiger partial charge in [-0.2, -0.15) is 5.10 Å². The summed E-state index contributed by atoms with van der Waals surface area (Å²) in [4.78, 5) is 2.67. The molecule has 0 amide bonds. The molecule has 2 aliphatic rings. The van der Waals surface area contributed by atoms with Gasteiger partial charge < -0.3 is 5.32 Å². The van der Waals surface area contributed by atoms with Gasteiger partial charge >= 0.3 is 0 Å². The second kappa shape index (κ2) is 6.39. The van der Waals surface area contributed by atoms with Crippen molar-refractivity contribution in [3.8, 4) is 0 Å². The fraction of sp³-hybridized carbons (Fsp3) is 0.812. The molecule has 1 aliphatic carbocycles. The molecule has 4 nitrogen and oxygen atoms in total. The fourth-order valence-corrected chi connectivity index (χ4v) is 3.92. The van der Waals surface area contributed by atoms with Crippen LogP contribution in [0, 0.1) is 12.8 Å². The number of nitrogens with one attached hydrogen (secondary N) is 1. The molecule has 0 bridgehead atoms. The van der Waals surface area contributed by atoms with E-state index in [1.165, 1.54) is 36.0 Å². The van der Waals surface area contributed by atoms with Gasteiger partial charge in [-0.25, -0.2) is 0 Å². The fourth-order valence-electron chi connectivity index (χ4n) is 3.51. The molecule has 2 atom stereocenters. The third kappa shape index (κ3) is 3.20. The van der Waals surface area contributed by atoms with Crippen molar-refractivity contribution < 1.29 is 0 Å². The quantitative estimate of drug-likeness (QED) is 0.882. The Hall–Kier alpha value is -0.390. The van der Waals surface area contributed by atoms with Crippen molar-refractivity contribution in [2.75, 3.05) is 13.1 Å². The number of rotatable bonds is 5. The van der Waals surface area contributed by atoms with Crippen LogP contribution in [0.5, 0.6) is 0 Å². The lowest BCUT2D eigenvalue weighted by Gasteiger charge is -2.40. The molecular formula is C16H27BrN4. The van der Waals surface area contributed by atoms with Gasteiger partial charge in [-0.3, -0.25) is 9.58 Å². The number of halogens is 1. The first kappa shape index (κ1) is 15.5. The standard InChI is InChI=1S/C16H27BrN4/c1-4-13-8-18-14(12-6-7-12)9-20(13)10-15-16(17)11(3)19-21(15)5-2/h12-14,18H,4-10H2,1-3H3. The number of aryl methyl sites for hydroxylation is 2. The molecule has 118 valence electrons. The second-order valence-electron chi connectivity index (χ2n) is 6.51. The Balaban J connectivity index is 1.77.